The molecule has 1 rings (SSSR count). The summed E-state index contributed by atoms with van der Waals surface area (Å²) in [6, 6.07) is 4.32. The molecule has 0 aliphatic carbocycles. The van der Waals surface area contributed by atoms with Crippen molar-refractivity contribution in [1.82, 2.24) is 0 Å². The Morgan fingerprint density at radius 3 is 2.86 bits per heavy atom. The number of hydrogen-bond acceptors (Lipinski definition) is 1. The van der Waals surface area contributed by atoms with E-state index in [2.05, 4.69) is 29.4 Å². The molecule has 0 aliphatic heterocycles. The fraction of sp³-hybridized carbons (Fsp3) is 0. The van der Waals surface area contributed by atoms with Gasteiger partial charge in [0.15, 0.2) is 0 Å². The summed E-state index contributed by atoms with van der Waals surface area (Å²) in [5.41, 5.74) is 0. The van der Waals surface area contributed by atoms with Crippen LogP contribution in [0.5, 0.6) is 0 Å². The van der Waals surface area contributed by atoms with Gasteiger partial charge in [0.2, 0.25) is 0 Å². The molecule has 0 spiro atoms. The maximum atomic E-state index is 3.57. The van der Waals surface area contributed by atoms with Crippen LogP contribution in [0.25, 0.3) is 0 Å². The van der Waals surface area contributed by atoms with Crippen LogP contribution in [0, 0.1) is 0 Å². The third-order valence-electron chi connectivity index (χ3n) is 0.712. The number of rotatable bonds is 1. The third kappa shape index (κ3) is 1.82. The van der Waals surface area contributed by atoms with Gasteiger partial charge in [0.1, 0.15) is 0 Å². The predicted molar refractivity (Wildman–Crippen MR) is 32.9 cm³/mol. The van der Waals surface area contributed by atoms with Crippen molar-refractivity contribution < 1.29 is 22.1 Å². The molecule has 0 fully saturated rings. The first-order valence-corrected chi connectivity index (χ1v) is 17.6. The molecule has 0 amide bonds. The average Bonchev–Trinajstić information content (AvgIpc) is 2.14. The molecule has 0 nitrogen and oxygen atoms in total. The van der Waals surface area contributed by atoms with Crippen LogP contribution in [-0.4, -0.2) is 0 Å². The van der Waals surface area contributed by atoms with E-state index < -0.39 is 22.1 Å². The Hall–Kier alpha value is 1.12. The molecular formula is C4H3BrHgS. The molecule has 0 saturated carbocycles. The van der Waals surface area contributed by atoms with Gasteiger partial charge in [-0.15, -0.1) is 0 Å². The van der Waals surface area contributed by atoms with Crippen molar-refractivity contribution in [2.75, 3.05) is 0 Å². The van der Waals surface area contributed by atoms with Gasteiger partial charge in [0.05, 0.1) is 0 Å². The maximum absolute atomic E-state index is 3.57. The van der Waals surface area contributed by atoms with Crippen LogP contribution in [0.2, 0.25) is 0 Å². The molecule has 7 heavy (non-hydrogen) atoms. The molecule has 0 saturated heterocycles. The second-order valence-electron chi connectivity index (χ2n) is 1.21. The summed E-state index contributed by atoms with van der Waals surface area (Å²) in [5.74, 6) is 0. The first kappa shape index (κ1) is 6.24. The molecule has 0 unspecified atom stereocenters. The van der Waals surface area contributed by atoms with Gasteiger partial charge >= 0.3 is 65.3 Å². The Balaban J connectivity index is 2.76. The summed E-state index contributed by atoms with van der Waals surface area (Å²) in [6.07, 6.45) is 0. The van der Waals surface area contributed by atoms with Crippen molar-refractivity contribution in [3.63, 3.8) is 0 Å². The molecule has 0 bridgehead atoms. The van der Waals surface area contributed by atoms with Gasteiger partial charge in [0, 0.05) is 0 Å². The van der Waals surface area contributed by atoms with Crippen LogP contribution in [0.4, 0.5) is 0 Å². The number of hydrogen-bond donors (Lipinski definition) is 0. The van der Waals surface area contributed by atoms with E-state index in [1.807, 2.05) is 11.3 Å². The Kier molecular flexibility index (Phi) is 2.85. The molecule has 0 atom stereocenters. The van der Waals surface area contributed by atoms with Crippen molar-refractivity contribution in [3.05, 3.63) is 17.5 Å². The van der Waals surface area contributed by atoms with Crippen LogP contribution < -0.4 is 2.39 Å². The normalized spacial score (nSPS) is 8.14. The molecule has 3 heteroatoms. The van der Waals surface area contributed by atoms with Gasteiger partial charge in [-0.2, -0.15) is 0 Å². The van der Waals surface area contributed by atoms with E-state index in [1.54, 1.807) is 2.39 Å². The fourth-order valence-corrected chi connectivity index (χ4v) is 8.79. The van der Waals surface area contributed by atoms with Crippen molar-refractivity contribution in [3.8, 4) is 0 Å². The summed E-state index contributed by atoms with van der Waals surface area (Å²) in [4.78, 5) is 0. The first-order chi connectivity index (χ1) is 3.43. The molecule has 0 aromatic carbocycles. The van der Waals surface area contributed by atoms with Crippen LogP contribution in [-0.2, 0) is 22.1 Å². The van der Waals surface area contributed by atoms with Gasteiger partial charge in [-0.3, -0.25) is 0 Å². The minimum atomic E-state index is -0.651. The van der Waals surface area contributed by atoms with Crippen LogP contribution in [0.3, 0.4) is 0 Å². The Morgan fingerprint density at radius 1 is 1.71 bits per heavy atom. The quantitative estimate of drug-likeness (QED) is 0.667. The van der Waals surface area contributed by atoms with Gasteiger partial charge < -0.3 is 0 Å². The second-order valence-corrected chi connectivity index (χ2v) is 13.2. The zero-order valence-corrected chi connectivity index (χ0v) is 11.6. The molecule has 0 aliphatic rings. The summed E-state index contributed by atoms with van der Waals surface area (Å²) in [5, 5.41) is 2.14. The van der Waals surface area contributed by atoms with E-state index >= 15 is 0 Å². The average molecular weight is 364 g/mol. The molecule has 1 aromatic rings. The van der Waals surface area contributed by atoms with Crippen LogP contribution in [0.15, 0.2) is 17.5 Å². The van der Waals surface area contributed by atoms with E-state index in [9.17, 15) is 0 Å². The summed E-state index contributed by atoms with van der Waals surface area (Å²) in [7, 11) is 0. The van der Waals surface area contributed by atoms with Gasteiger partial charge in [0.25, 0.3) is 0 Å². The summed E-state index contributed by atoms with van der Waals surface area (Å²) >= 11 is 4.79. The van der Waals surface area contributed by atoms with Crippen molar-refractivity contribution >= 4 is 25.6 Å². The van der Waals surface area contributed by atoms with Gasteiger partial charge in [-0.25, -0.2) is 0 Å². The Labute approximate surface area is 64.6 Å². The second kappa shape index (κ2) is 3.20. The van der Waals surface area contributed by atoms with E-state index in [4.69, 9.17) is 0 Å². The van der Waals surface area contributed by atoms with Crippen molar-refractivity contribution in [1.29, 1.82) is 0 Å². The SMILES string of the molecule is [Br][Hg][c]1cccs1. The summed E-state index contributed by atoms with van der Waals surface area (Å²) < 4.78 is 1.61. The zero-order chi connectivity index (χ0) is 5.11. The van der Waals surface area contributed by atoms with Crippen LogP contribution in [0.1, 0.15) is 0 Å². The summed E-state index contributed by atoms with van der Waals surface area (Å²) in [6.45, 7) is 0. The molecular weight excluding hydrogens is 361 g/mol. The molecule has 0 N–H and O–H groups in total. The van der Waals surface area contributed by atoms with Crippen molar-refractivity contribution in [2.24, 2.45) is 0 Å². The standard InChI is InChI=1S/C4H3S.BrH.Hg/c1-2-4-5-3-1;;/h1-3H;1H;/q;;+1/p-1. The molecule has 34 valence electrons. The molecule has 1 heterocycles. The van der Waals surface area contributed by atoms with Gasteiger partial charge in [-0.1, -0.05) is 0 Å². The Morgan fingerprint density at radius 2 is 2.57 bits per heavy atom. The number of halogens is 1. The topological polar surface area (TPSA) is 0 Å². The van der Waals surface area contributed by atoms with Crippen LogP contribution >= 0.6 is 23.2 Å². The zero-order valence-electron chi connectivity index (χ0n) is 3.73. The molecule has 1 aromatic heterocycles. The molecule has 0 radical (unpaired) electrons. The number of thiophene rings is 1. The van der Waals surface area contributed by atoms with E-state index in [0.29, 0.717) is 0 Å². The Bertz CT molecular complexity index is 126. The van der Waals surface area contributed by atoms with Crippen molar-refractivity contribution in [2.45, 2.75) is 0 Å². The minimum absolute atomic E-state index is 0.651. The van der Waals surface area contributed by atoms with E-state index in [0.717, 1.165) is 0 Å². The van der Waals surface area contributed by atoms with E-state index in [1.165, 1.54) is 0 Å². The van der Waals surface area contributed by atoms with E-state index in [-0.39, 0.29) is 0 Å². The monoisotopic (exact) mass is 364 g/mol. The predicted octanol–water partition coefficient (Wildman–Crippen LogP) is 1.77. The van der Waals surface area contributed by atoms with Gasteiger partial charge in [-0.05, 0) is 0 Å². The third-order valence-corrected chi connectivity index (χ3v) is 15.2. The first-order valence-electron chi connectivity index (χ1n) is 2.02. The fourth-order valence-electron chi connectivity index (χ4n) is 0.389.